The number of aromatic nitrogens is 1. The third kappa shape index (κ3) is 4.18. The molecule has 1 heterocycles. The highest BCUT2D eigenvalue weighted by Gasteiger charge is 2.25. The van der Waals surface area contributed by atoms with E-state index in [9.17, 15) is 19.6 Å². The maximum Gasteiger partial charge on any atom is 0.288 e. The van der Waals surface area contributed by atoms with Crippen molar-refractivity contribution in [3.63, 3.8) is 0 Å². The number of anilines is 1. The first-order valence-electron chi connectivity index (χ1n) is 8.18. The Morgan fingerprint density at radius 1 is 1.07 bits per heavy atom. The van der Waals surface area contributed by atoms with Gasteiger partial charge in [-0.2, -0.15) is 4.57 Å². The van der Waals surface area contributed by atoms with Crippen molar-refractivity contribution < 1.29 is 19.0 Å². The second kappa shape index (κ2) is 8.36. The van der Waals surface area contributed by atoms with Gasteiger partial charge in [0.2, 0.25) is 0 Å². The van der Waals surface area contributed by atoms with Gasteiger partial charge < -0.3 is 10.4 Å². The van der Waals surface area contributed by atoms with Crippen LogP contribution in [0.2, 0.25) is 0 Å². The third-order valence-electron chi connectivity index (χ3n) is 3.87. The van der Waals surface area contributed by atoms with Crippen LogP contribution >= 0.6 is 12.2 Å². The first-order valence-corrected chi connectivity index (χ1v) is 8.59. The van der Waals surface area contributed by atoms with E-state index in [1.54, 1.807) is 47.3 Å². The number of nitrogens with zero attached hydrogens (tertiary/aromatic N) is 2. The molecule has 0 amide bonds. The average molecular weight is 396 g/mol. The van der Waals surface area contributed by atoms with E-state index in [1.807, 2.05) is 0 Å². The van der Waals surface area contributed by atoms with Gasteiger partial charge in [-0.15, -0.1) is 0 Å². The van der Waals surface area contributed by atoms with Gasteiger partial charge >= 0.3 is 0 Å². The number of thiocarbonyl (C=S) groups is 1. The van der Waals surface area contributed by atoms with Crippen LogP contribution in [-0.4, -0.2) is 15.0 Å². The molecular formula is C20H15FN3O3S+. The van der Waals surface area contributed by atoms with Crippen LogP contribution in [0.15, 0.2) is 79.1 Å². The van der Waals surface area contributed by atoms with E-state index >= 15 is 0 Å². The molecule has 0 aliphatic rings. The fraction of sp³-hybridized carbons (Fsp3) is 0. The summed E-state index contributed by atoms with van der Waals surface area (Å²) in [4.78, 5) is 10.5. The number of non-ortho nitro benzene ring substituents is 1. The zero-order chi connectivity index (χ0) is 20.1. The zero-order valence-electron chi connectivity index (χ0n) is 14.4. The maximum absolute atomic E-state index is 14.0. The van der Waals surface area contributed by atoms with Gasteiger partial charge in [-0.3, -0.25) is 10.1 Å². The Kier molecular flexibility index (Phi) is 5.71. The number of hydrogen-bond donors (Lipinski definition) is 2. The first-order chi connectivity index (χ1) is 13.5. The Hall–Kier alpha value is -3.65. The lowest BCUT2D eigenvalue weighted by Gasteiger charge is -2.10. The summed E-state index contributed by atoms with van der Waals surface area (Å²) >= 11 is 5.41. The van der Waals surface area contributed by atoms with Gasteiger partial charge in [0.25, 0.3) is 11.4 Å². The summed E-state index contributed by atoms with van der Waals surface area (Å²) in [6.45, 7) is 0. The predicted molar refractivity (Wildman–Crippen MR) is 108 cm³/mol. The largest absolute Gasteiger partial charge is 0.502 e. The molecule has 0 bridgehead atoms. The number of rotatable bonds is 5. The van der Waals surface area contributed by atoms with Crippen molar-refractivity contribution >= 4 is 40.0 Å². The van der Waals surface area contributed by atoms with Crippen LogP contribution in [0.4, 0.5) is 15.8 Å². The van der Waals surface area contributed by atoms with E-state index in [0.717, 1.165) is 0 Å². The number of aliphatic hydroxyl groups excluding tert-OH is 1. The molecule has 6 nitrogen and oxygen atoms in total. The number of aliphatic hydroxyl groups is 1. The molecule has 3 rings (SSSR count). The van der Waals surface area contributed by atoms with Gasteiger partial charge in [-0.05, 0) is 12.1 Å². The third-order valence-corrected chi connectivity index (χ3v) is 4.16. The highest BCUT2D eigenvalue weighted by atomic mass is 32.1. The summed E-state index contributed by atoms with van der Waals surface area (Å²) in [5, 5.41) is 24.7. The van der Waals surface area contributed by atoms with Crippen molar-refractivity contribution in [1.29, 1.82) is 0 Å². The molecule has 0 saturated heterocycles. The molecular weight excluding hydrogens is 381 g/mol. The lowest BCUT2D eigenvalue weighted by atomic mass is 10.1. The Morgan fingerprint density at radius 3 is 2.46 bits per heavy atom. The van der Waals surface area contributed by atoms with Gasteiger partial charge in [-0.25, -0.2) is 4.39 Å². The quantitative estimate of drug-likeness (QED) is 0.167. The summed E-state index contributed by atoms with van der Waals surface area (Å²) in [5.74, 6) is -0.786. The molecule has 0 atom stereocenters. The minimum atomic E-state index is -0.554. The van der Waals surface area contributed by atoms with Crippen LogP contribution in [0.1, 0.15) is 5.56 Å². The van der Waals surface area contributed by atoms with Crippen LogP contribution in [0.5, 0.6) is 0 Å². The van der Waals surface area contributed by atoms with E-state index in [0.29, 0.717) is 0 Å². The number of nitrogens with one attached hydrogen (secondary N) is 1. The number of hydrogen-bond acceptors (Lipinski definition) is 4. The Balaban J connectivity index is 2.10. The lowest BCUT2D eigenvalue weighted by molar-refractivity contribution is -0.575. The van der Waals surface area contributed by atoms with Crippen LogP contribution < -0.4 is 9.88 Å². The minimum absolute atomic E-state index is 0.0466. The molecule has 8 heteroatoms. The normalized spacial score (nSPS) is 11.5. The summed E-state index contributed by atoms with van der Waals surface area (Å²) in [6.07, 6.45) is 3.30. The summed E-state index contributed by atoms with van der Waals surface area (Å²) in [7, 11) is 0. The fourth-order valence-electron chi connectivity index (χ4n) is 2.54. The number of halogens is 1. The van der Waals surface area contributed by atoms with E-state index < -0.39 is 10.7 Å². The lowest BCUT2D eigenvalue weighted by Crippen LogP contribution is -2.38. The average Bonchev–Trinajstić information content (AvgIpc) is 2.71. The molecule has 0 aliphatic heterocycles. The van der Waals surface area contributed by atoms with Gasteiger partial charge in [0.1, 0.15) is 5.82 Å². The number of benzene rings is 2. The minimum Gasteiger partial charge on any atom is -0.502 e. The van der Waals surface area contributed by atoms with Gasteiger partial charge in [-0.1, -0.05) is 42.5 Å². The molecule has 28 heavy (non-hydrogen) atoms. The van der Waals surface area contributed by atoms with Gasteiger partial charge in [0.15, 0.2) is 23.1 Å². The van der Waals surface area contributed by atoms with Crippen molar-refractivity contribution in [2.45, 2.75) is 0 Å². The van der Waals surface area contributed by atoms with Crippen molar-refractivity contribution in [1.82, 2.24) is 0 Å². The van der Waals surface area contributed by atoms with Crippen LogP contribution in [-0.2, 0) is 0 Å². The topological polar surface area (TPSA) is 79.3 Å². The van der Waals surface area contributed by atoms with E-state index in [1.165, 1.54) is 36.4 Å². The van der Waals surface area contributed by atoms with Crippen LogP contribution in [0.3, 0.4) is 0 Å². The summed E-state index contributed by atoms with van der Waals surface area (Å²) < 4.78 is 15.5. The molecule has 2 N–H and O–H groups in total. The Labute approximate surface area is 165 Å². The van der Waals surface area contributed by atoms with Crippen LogP contribution in [0.25, 0.3) is 11.5 Å². The fourth-order valence-corrected chi connectivity index (χ4v) is 2.85. The molecule has 1 aromatic heterocycles. The SMILES string of the molecule is O=[N+]([O-])c1cccc(C(O)=C(C(=S)Nc2ccccc2F)[n+]2ccccc2)c1. The van der Waals surface area contributed by atoms with E-state index in [2.05, 4.69) is 5.32 Å². The zero-order valence-corrected chi connectivity index (χ0v) is 15.3. The number of para-hydroxylation sites is 1. The summed E-state index contributed by atoms with van der Waals surface area (Å²) in [5.41, 5.74) is 0.334. The number of nitro groups is 1. The molecule has 0 radical (unpaired) electrons. The highest BCUT2D eigenvalue weighted by molar-refractivity contribution is 7.81. The number of nitro benzene ring substituents is 1. The smallest absolute Gasteiger partial charge is 0.288 e. The van der Waals surface area contributed by atoms with Crippen molar-refractivity contribution in [2.24, 2.45) is 0 Å². The summed E-state index contributed by atoms with van der Waals surface area (Å²) in [6, 6.07) is 16.8. The van der Waals surface area contributed by atoms with Crippen molar-refractivity contribution in [2.75, 3.05) is 5.32 Å². The Morgan fingerprint density at radius 2 is 1.79 bits per heavy atom. The second-order valence-electron chi connectivity index (χ2n) is 5.72. The number of pyridine rings is 1. The molecule has 0 fully saturated rings. The molecule has 0 unspecified atom stereocenters. The van der Waals surface area contributed by atoms with Crippen molar-refractivity contribution in [3.05, 3.63) is 101 Å². The second-order valence-corrected chi connectivity index (χ2v) is 6.13. The highest BCUT2D eigenvalue weighted by Crippen LogP contribution is 2.23. The first kappa shape index (κ1) is 19.1. The molecule has 3 aromatic rings. The molecule has 2 aromatic carbocycles. The van der Waals surface area contributed by atoms with E-state index in [-0.39, 0.29) is 33.4 Å². The van der Waals surface area contributed by atoms with E-state index in [4.69, 9.17) is 12.2 Å². The van der Waals surface area contributed by atoms with Gasteiger partial charge in [0, 0.05) is 29.8 Å². The molecule has 0 spiro atoms. The standard InChI is InChI=1S/C20H14FN3O3S/c21-16-9-2-3-10-17(16)22-20(28)18(23-11-4-1-5-12-23)19(25)14-7-6-8-15(13-14)24(26)27/h1-13H,(H-,22,25,28)/p+1. The van der Waals surface area contributed by atoms with Crippen molar-refractivity contribution in [3.8, 4) is 0 Å². The maximum atomic E-state index is 14.0. The molecule has 0 aliphatic carbocycles. The Bertz CT molecular complexity index is 1070. The van der Waals surface area contributed by atoms with Gasteiger partial charge in [0.05, 0.1) is 10.6 Å². The molecule has 140 valence electrons. The monoisotopic (exact) mass is 396 g/mol. The van der Waals surface area contributed by atoms with Crippen LogP contribution in [0, 0.1) is 15.9 Å². The predicted octanol–water partition coefficient (Wildman–Crippen LogP) is 4.34. The molecule has 0 saturated carbocycles.